The third-order valence-electron chi connectivity index (χ3n) is 2.69. The minimum absolute atomic E-state index is 0.130. The topological polar surface area (TPSA) is 117 Å². The second-order valence-electron chi connectivity index (χ2n) is 4.23. The molecule has 0 fully saturated rings. The molecule has 0 bridgehead atoms. The van der Waals surface area contributed by atoms with Crippen molar-refractivity contribution in [2.75, 3.05) is 0 Å². The quantitative estimate of drug-likeness (QED) is 0.670. The summed E-state index contributed by atoms with van der Waals surface area (Å²) in [4.78, 5) is 26.2. The Hall–Kier alpha value is -2.38. The fourth-order valence-corrected chi connectivity index (χ4v) is 1.78. The lowest BCUT2D eigenvalue weighted by molar-refractivity contribution is -0.140. The molecule has 8 nitrogen and oxygen atoms in total. The SMILES string of the molecule is Cc1noc(CNC(=O)NC2C=CC(C(=O)O)C2)n1. The molecule has 3 N–H and O–H groups in total. The molecule has 1 aromatic heterocycles. The average Bonchev–Trinajstić information content (AvgIpc) is 2.96. The fourth-order valence-electron chi connectivity index (χ4n) is 1.78. The van der Waals surface area contributed by atoms with Crippen molar-refractivity contribution < 1.29 is 19.2 Å². The molecule has 0 aromatic carbocycles. The zero-order chi connectivity index (χ0) is 13.8. The molecule has 0 spiro atoms. The predicted octanol–water partition coefficient (Wildman–Crippen LogP) is 0.207. The number of aromatic nitrogens is 2. The van der Waals surface area contributed by atoms with E-state index in [1.165, 1.54) is 0 Å². The maximum Gasteiger partial charge on any atom is 0.315 e. The number of carboxylic acid groups (broad SMARTS) is 1. The van der Waals surface area contributed by atoms with Gasteiger partial charge in [-0.15, -0.1) is 0 Å². The van der Waals surface area contributed by atoms with Crippen LogP contribution in [0.25, 0.3) is 0 Å². The van der Waals surface area contributed by atoms with Crippen molar-refractivity contribution in [2.45, 2.75) is 25.9 Å². The van der Waals surface area contributed by atoms with E-state index >= 15 is 0 Å². The summed E-state index contributed by atoms with van der Waals surface area (Å²) in [6.07, 6.45) is 3.62. The number of nitrogens with zero attached hydrogens (tertiary/aromatic N) is 2. The zero-order valence-corrected chi connectivity index (χ0v) is 10.3. The van der Waals surface area contributed by atoms with E-state index in [0.29, 0.717) is 18.1 Å². The van der Waals surface area contributed by atoms with Crippen LogP contribution in [0.4, 0.5) is 4.79 Å². The highest BCUT2D eigenvalue weighted by molar-refractivity contribution is 5.76. The summed E-state index contributed by atoms with van der Waals surface area (Å²) in [7, 11) is 0. The first kappa shape index (κ1) is 13.1. The van der Waals surface area contributed by atoms with Gasteiger partial charge >= 0.3 is 12.0 Å². The predicted molar refractivity (Wildman–Crippen MR) is 63.1 cm³/mol. The summed E-state index contributed by atoms with van der Waals surface area (Å²) >= 11 is 0. The summed E-state index contributed by atoms with van der Waals surface area (Å²) in [6, 6.07) is -0.679. The van der Waals surface area contributed by atoms with Gasteiger partial charge in [0.05, 0.1) is 18.5 Å². The van der Waals surface area contributed by atoms with Crippen LogP contribution < -0.4 is 10.6 Å². The van der Waals surface area contributed by atoms with E-state index in [1.54, 1.807) is 19.1 Å². The zero-order valence-electron chi connectivity index (χ0n) is 10.3. The van der Waals surface area contributed by atoms with Crippen LogP contribution in [0.1, 0.15) is 18.1 Å². The molecule has 0 saturated heterocycles. The van der Waals surface area contributed by atoms with Gasteiger partial charge in [-0.3, -0.25) is 4.79 Å². The number of carboxylic acids is 1. The van der Waals surface area contributed by atoms with E-state index in [0.717, 1.165) is 0 Å². The molecule has 1 aliphatic rings. The average molecular weight is 266 g/mol. The molecule has 0 saturated carbocycles. The second kappa shape index (κ2) is 5.51. The molecule has 2 rings (SSSR count). The maximum atomic E-state index is 11.6. The van der Waals surface area contributed by atoms with Gasteiger partial charge in [-0.1, -0.05) is 17.3 Å². The van der Waals surface area contributed by atoms with Crippen LogP contribution in [0.5, 0.6) is 0 Å². The van der Waals surface area contributed by atoms with Gasteiger partial charge in [0.1, 0.15) is 0 Å². The first-order valence-electron chi connectivity index (χ1n) is 5.79. The molecule has 0 aliphatic heterocycles. The van der Waals surface area contributed by atoms with E-state index in [1.807, 2.05) is 0 Å². The maximum absolute atomic E-state index is 11.6. The Morgan fingerprint density at radius 1 is 1.53 bits per heavy atom. The lowest BCUT2D eigenvalue weighted by Gasteiger charge is -2.12. The Morgan fingerprint density at radius 3 is 2.89 bits per heavy atom. The van der Waals surface area contributed by atoms with Crippen LogP contribution in [0.2, 0.25) is 0 Å². The second-order valence-corrected chi connectivity index (χ2v) is 4.23. The number of hydrogen-bond donors (Lipinski definition) is 3. The molecule has 19 heavy (non-hydrogen) atoms. The van der Waals surface area contributed by atoms with E-state index in [9.17, 15) is 9.59 Å². The molecular weight excluding hydrogens is 252 g/mol. The van der Waals surface area contributed by atoms with Gasteiger partial charge < -0.3 is 20.3 Å². The fraction of sp³-hybridized carbons (Fsp3) is 0.455. The molecule has 102 valence electrons. The van der Waals surface area contributed by atoms with Crippen molar-refractivity contribution in [3.8, 4) is 0 Å². The summed E-state index contributed by atoms with van der Waals surface area (Å²) in [6.45, 7) is 1.81. The molecule has 0 radical (unpaired) electrons. The number of nitrogens with one attached hydrogen (secondary N) is 2. The van der Waals surface area contributed by atoms with Crippen LogP contribution in [0.3, 0.4) is 0 Å². The molecule has 1 heterocycles. The van der Waals surface area contributed by atoms with Gasteiger partial charge in [-0.25, -0.2) is 4.79 Å². The van der Waals surface area contributed by atoms with Gasteiger partial charge in [0, 0.05) is 0 Å². The smallest absolute Gasteiger partial charge is 0.315 e. The number of amides is 2. The summed E-state index contributed by atoms with van der Waals surface area (Å²) in [5.41, 5.74) is 0. The highest BCUT2D eigenvalue weighted by Crippen LogP contribution is 2.17. The molecular formula is C11H14N4O4. The lowest BCUT2D eigenvalue weighted by Crippen LogP contribution is -2.40. The van der Waals surface area contributed by atoms with Crippen LogP contribution in [-0.4, -0.2) is 33.3 Å². The number of aryl methyl sites for hydroxylation is 1. The molecule has 2 atom stereocenters. The van der Waals surface area contributed by atoms with Crippen LogP contribution >= 0.6 is 0 Å². The molecule has 2 unspecified atom stereocenters. The first-order chi connectivity index (χ1) is 9.04. The molecule has 2 amide bonds. The van der Waals surface area contributed by atoms with Crippen molar-refractivity contribution in [1.82, 2.24) is 20.8 Å². The monoisotopic (exact) mass is 266 g/mol. The van der Waals surface area contributed by atoms with Crippen molar-refractivity contribution in [3.05, 3.63) is 23.9 Å². The standard InChI is InChI=1S/C11H14N4O4/c1-6-13-9(19-15-6)5-12-11(18)14-8-3-2-7(4-8)10(16)17/h2-3,7-8H,4-5H2,1H3,(H,16,17)(H2,12,14,18). The number of carbonyl (C=O) groups is 2. The number of rotatable bonds is 4. The van der Waals surface area contributed by atoms with E-state index < -0.39 is 17.9 Å². The molecule has 8 heteroatoms. The summed E-state index contributed by atoms with van der Waals surface area (Å²) in [5.74, 6) is -0.607. The van der Waals surface area contributed by atoms with Crippen LogP contribution in [0.15, 0.2) is 16.7 Å². The largest absolute Gasteiger partial charge is 0.481 e. The molecule has 1 aliphatic carbocycles. The van der Waals surface area contributed by atoms with Crippen molar-refractivity contribution in [3.63, 3.8) is 0 Å². The van der Waals surface area contributed by atoms with Crippen molar-refractivity contribution in [2.24, 2.45) is 5.92 Å². The number of carbonyl (C=O) groups excluding carboxylic acids is 1. The Morgan fingerprint density at radius 2 is 2.32 bits per heavy atom. The Bertz CT molecular complexity index is 511. The Labute approximate surface area is 108 Å². The van der Waals surface area contributed by atoms with Gasteiger partial charge in [0.15, 0.2) is 5.82 Å². The summed E-state index contributed by atoms with van der Waals surface area (Å²) in [5, 5.41) is 17.6. The van der Waals surface area contributed by atoms with Gasteiger partial charge in [-0.2, -0.15) is 4.98 Å². The number of aliphatic carboxylic acids is 1. The van der Waals surface area contributed by atoms with E-state index in [4.69, 9.17) is 9.63 Å². The van der Waals surface area contributed by atoms with Gasteiger partial charge in [0.2, 0.25) is 5.89 Å². The Kier molecular flexibility index (Phi) is 3.79. The van der Waals surface area contributed by atoms with E-state index in [-0.39, 0.29) is 12.6 Å². The number of hydrogen-bond acceptors (Lipinski definition) is 5. The van der Waals surface area contributed by atoms with Crippen molar-refractivity contribution >= 4 is 12.0 Å². The minimum Gasteiger partial charge on any atom is -0.481 e. The van der Waals surface area contributed by atoms with Gasteiger partial charge in [0.25, 0.3) is 0 Å². The number of urea groups is 1. The van der Waals surface area contributed by atoms with Crippen molar-refractivity contribution in [1.29, 1.82) is 0 Å². The third-order valence-corrected chi connectivity index (χ3v) is 2.69. The third kappa shape index (κ3) is 3.54. The molecule has 1 aromatic rings. The van der Waals surface area contributed by atoms with Gasteiger partial charge in [-0.05, 0) is 13.3 Å². The highest BCUT2D eigenvalue weighted by atomic mass is 16.5. The normalized spacial score (nSPS) is 21.3. The Balaban J connectivity index is 1.74. The first-order valence-corrected chi connectivity index (χ1v) is 5.79. The van der Waals surface area contributed by atoms with E-state index in [2.05, 4.69) is 20.8 Å². The lowest BCUT2D eigenvalue weighted by atomic mass is 10.1. The highest BCUT2D eigenvalue weighted by Gasteiger charge is 2.25. The minimum atomic E-state index is -0.887. The summed E-state index contributed by atoms with van der Waals surface area (Å²) < 4.78 is 4.84. The van der Waals surface area contributed by atoms with Crippen LogP contribution in [0, 0.1) is 12.8 Å². The van der Waals surface area contributed by atoms with Crippen LogP contribution in [-0.2, 0) is 11.3 Å².